The van der Waals surface area contributed by atoms with Crippen molar-refractivity contribution in [2.75, 3.05) is 6.61 Å². The molecule has 0 aliphatic carbocycles. The summed E-state index contributed by atoms with van der Waals surface area (Å²) < 4.78 is 12.3. The molecule has 0 saturated heterocycles. The number of benzene rings is 2. The van der Waals surface area contributed by atoms with E-state index in [-0.39, 0.29) is 12.3 Å². The lowest BCUT2D eigenvalue weighted by Gasteiger charge is -2.38. The van der Waals surface area contributed by atoms with Crippen molar-refractivity contribution in [3.63, 3.8) is 0 Å². The molecule has 2 atom stereocenters. The normalized spacial score (nSPS) is 20.0. The van der Waals surface area contributed by atoms with Crippen molar-refractivity contribution >= 4 is 5.71 Å². The van der Waals surface area contributed by atoms with Gasteiger partial charge in [-0.2, -0.15) is 5.10 Å². The minimum absolute atomic E-state index is 0.0892. The Bertz CT molecular complexity index is 1000. The van der Waals surface area contributed by atoms with Crippen molar-refractivity contribution in [1.82, 2.24) is 9.99 Å². The molecule has 0 radical (unpaired) electrons. The topological polar surface area (TPSA) is 47.0 Å². The van der Waals surface area contributed by atoms with E-state index in [0.29, 0.717) is 6.61 Å². The lowest BCUT2D eigenvalue weighted by Crippen LogP contribution is -2.34. The summed E-state index contributed by atoms with van der Waals surface area (Å²) >= 11 is 0. The molecule has 2 unspecified atom stereocenters. The maximum absolute atomic E-state index is 6.43. The van der Waals surface area contributed by atoms with Crippen LogP contribution < -0.4 is 9.47 Å². The number of hydrogen-bond donors (Lipinski definition) is 0. The van der Waals surface area contributed by atoms with Gasteiger partial charge < -0.3 is 9.47 Å². The molecule has 5 nitrogen and oxygen atoms in total. The zero-order valence-corrected chi connectivity index (χ0v) is 15.7. The summed E-state index contributed by atoms with van der Waals surface area (Å²) in [6.45, 7) is 2.57. The first kappa shape index (κ1) is 16.8. The van der Waals surface area contributed by atoms with E-state index in [4.69, 9.17) is 14.6 Å². The molecule has 2 aliphatic heterocycles. The largest absolute Gasteiger partial charge is 0.490 e. The molecule has 0 spiro atoms. The summed E-state index contributed by atoms with van der Waals surface area (Å²) in [5, 5.41) is 7.00. The maximum Gasteiger partial charge on any atom is 0.230 e. The molecule has 5 rings (SSSR count). The molecule has 3 aromatic rings. The lowest BCUT2D eigenvalue weighted by atomic mass is 9.96. The third-order valence-corrected chi connectivity index (χ3v) is 5.13. The fourth-order valence-electron chi connectivity index (χ4n) is 3.88. The molecular weight excluding hydrogens is 350 g/mol. The first-order chi connectivity index (χ1) is 13.8. The van der Waals surface area contributed by atoms with E-state index >= 15 is 0 Å². The third kappa shape index (κ3) is 2.80. The van der Waals surface area contributed by atoms with Crippen molar-refractivity contribution in [2.45, 2.75) is 25.6 Å². The molecule has 0 saturated carbocycles. The Balaban J connectivity index is 1.62. The van der Waals surface area contributed by atoms with Gasteiger partial charge in [0.05, 0.1) is 18.4 Å². The second kappa shape index (κ2) is 7.00. The molecule has 28 heavy (non-hydrogen) atoms. The van der Waals surface area contributed by atoms with Gasteiger partial charge in [0.1, 0.15) is 5.69 Å². The van der Waals surface area contributed by atoms with Crippen LogP contribution in [0, 0.1) is 0 Å². The molecule has 1 aromatic heterocycles. The Hall–Kier alpha value is -3.34. The first-order valence-electron chi connectivity index (χ1n) is 9.59. The van der Waals surface area contributed by atoms with Gasteiger partial charge in [-0.1, -0.05) is 48.5 Å². The van der Waals surface area contributed by atoms with Gasteiger partial charge in [0, 0.05) is 18.2 Å². The highest BCUT2D eigenvalue weighted by atomic mass is 16.5. The van der Waals surface area contributed by atoms with Crippen molar-refractivity contribution in [3.8, 4) is 11.5 Å². The van der Waals surface area contributed by atoms with E-state index < -0.39 is 0 Å². The smallest absolute Gasteiger partial charge is 0.230 e. The number of aromatic nitrogens is 1. The second-order valence-corrected chi connectivity index (χ2v) is 6.84. The first-order valence-corrected chi connectivity index (χ1v) is 9.59. The van der Waals surface area contributed by atoms with Gasteiger partial charge in [0.25, 0.3) is 0 Å². The number of pyridine rings is 1. The Labute approximate surface area is 164 Å². The predicted molar refractivity (Wildman–Crippen MR) is 107 cm³/mol. The van der Waals surface area contributed by atoms with E-state index in [0.717, 1.165) is 40.5 Å². The highest BCUT2D eigenvalue weighted by Crippen LogP contribution is 2.50. The summed E-state index contributed by atoms with van der Waals surface area (Å²) in [4.78, 5) is 4.53. The minimum atomic E-state index is -0.387. The van der Waals surface area contributed by atoms with Crippen LogP contribution in [0.15, 0.2) is 78.0 Å². The number of hydrazone groups is 1. The van der Waals surface area contributed by atoms with Crippen LogP contribution in [-0.2, 0) is 0 Å². The van der Waals surface area contributed by atoms with E-state index in [1.54, 1.807) is 6.20 Å². The predicted octanol–water partition coefficient (Wildman–Crippen LogP) is 4.72. The molecule has 2 aliphatic rings. The fraction of sp³-hybridized carbons (Fsp3) is 0.217. The quantitative estimate of drug-likeness (QED) is 0.666. The zero-order chi connectivity index (χ0) is 18.9. The summed E-state index contributed by atoms with van der Waals surface area (Å²) in [7, 11) is 0. The van der Waals surface area contributed by atoms with Gasteiger partial charge in [-0.3, -0.25) is 4.98 Å². The van der Waals surface area contributed by atoms with Crippen LogP contribution in [0.1, 0.15) is 42.4 Å². The van der Waals surface area contributed by atoms with Gasteiger partial charge in [-0.15, -0.1) is 0 Å². The molecular formula is C23H21N3O2. The number of rotatable bonds is 4. The van der Waals surface area contributed by atoms with Gasteiger partial charge in [0.15, 0.2) is 11.5 Å². The summed E-state index contributed by atoms with van der Waals surface area (Å²) in [5.41, 5.74) is 4.14. The Kier molecular flexibility index (Phi) is 4.20. The van der Waals surface area contributed by atoms with E-state index in [1.165, 1.54) is 0 Å². The molecule has 2 aromatic carbocycles. The van der Waals surface area contributed by atoms with Gasteiger partial charge in [0.2, 0.25) is 6.23 Å². The van der Waals surface area contributed by atoms with Crippen molar-refractivity contribution < 1.29 is 9.47 Å². The highest BCUT2D eigenvalue weighted by molar-refractivity contribution is 6.01. The summed E-state index contributed by atoms with van der Waals surface area (Å²) in [6.07, 6.45) is 2.22. The van der Waals surface area contributed by atoms with E-state index in [1.807, 2.05) is 60.5 Å². The Morgan fingerprint density at radius 1 is 1.04 bits per heavy atom. The van der Waals surface area contributed by atoms with Crippen LogP contribution in [0.3, 0.4) is 0 Å². The van der Waals surface area contributed by atoms with Gasteiger partial charge in [-0.05, 0) is 30.7 Å². The van der Waals surface area contributed by atoms with E-state index in [9.17, 15) is 0 Å². The number of hydrogen-bond acceptors (Lipinski definition) is 5. The summed E-state index contributed by atoms with van der Waals surface area (Å²) in [5.74, 6) is 1.57. The lowest BCUT2D eigenvalue weighted by molar-refractivity contribution is -0.0240. The minimum Gasteiger partial charge on any atom is -0.490 e. The number of nitrogens with zero attached hydrogens (tertiary/aromatic N) is 3. The summed E-state index contributed by atoms with van der Waals surface area (Å²) in [6, 6.07) is 22.4. The molecule has 0 fully saturated rings. The van der Waals surface area contributed by atoms with E-state index in [2.05, 4.69) is 23.2 Å². The van der Waals surface area contributed by atoms with Gasteiger partial charge in [-0.25, -0.2) is 5.01 Å². The molecule has 0 amide bonds. The van der Waals surface area contributed by atoms with Crippen LogP contribution in [0.5, 0.6) is 11.5 Å². The average molecular weight is 371 g/mol. The van der Waals surface area contributed by atoms with Crippen LogP contribution in [0.25, 0.3) is 0 Å². The maximum atomic E-state index is 6.43. The van der Waals surface area contributed by atoms with Crippen LogP contribution >= 0.6 is 0 Å². The monoisotopic (exact) mass is 371 g/mol. The Morgan fingerprint density at radius 2 is 1.89 bits per heavy atom. The molecule has 5 heteroatoms. The average Bonchev–Trinajstić information content (AvgIpc) is 3.21. The molecule has 0 bridgehead atoms. The van der Waals surface area contributed by atoms with Crippen LogP contribution in [-0.4, -0.2) is 22.3 Å². The zero-order valence-electron chi connectivity index (χ0n) is 15.7. The molecule has 0 N–H and O–H groups in total. The van der Waals surface area contributed by atoms with Crippen molar-refractivity contribution in [2.24, 2.45) is 5.10 Å². The van der Waals surface area contributed by atoms with Gasteiger partial charge >= 0.3 is 0 Å². The van der Waals surface area contributed by atoms with Crippen molar-refractivity contribution in [1.29, 1.82) is 0 Å². The highest BCUT2D eigenvalue weighted by Gasteiger charge is 2.42. The van der Waals surface area contributed by atoms with Crippen LogP contribution in [0.4, 0.5) is 0 Å². The molecule has 3 heterocycles. The number of fused-ring (bicyclic) bond motifs is 3. The van der Waals surface area contributed by atoms with Crippen LogP contribution in [0.2, 0.25) is 0 Å². The second-order valence-electron chi connectivity index (χ2n) is 6.84. The fourth-order valence-corrected chi connectivity index (χ4v) is 3.88. The van der Waals surface area contributed by atoms with Crippen molar-refractivity contribution in [3.05, 3.63) is 89.7 Å². The third-order valence-electron chi connectivity index (χ3n) is 5.13. The number of ether oxygens (including phenoxy) is 2. The standard InChI is InChI=1S/C23H21N3O2/c1-2-27-21-13-8-11-17-20-15-19(16-9-4-3-5-10-16)25-26(20)23(28-22(17)21)18-12-6-7-14-24-18/h3-14,20,23H,2,15H2,1H3. The number of para-hydroxylation sites is 1. The molecule has 140 valence electrons. The SMILES string of the molecule is CCOc1cccc2c1OC(c1ccccn1)N1N=C(c3ccccc3)CC21. The Morgan fingerprint density at radius 3 is 2.68 bits per heavy atom.